The molecular formula is C14H26N2O3. The van der Waals surface area contributed by atoms with E-state index in [0.29, 0.717) is 6.42 Å². The van der Waals surface area contributed by atoms with Gasteiger partial charge in [0.25, 0.3) is 0 Å². The zero-order chi connectivity index (χ0) is 14.6. The second-order valence-corrected chi connectivity index (χ2v) is 5.87. The molecule has 0 radical (unpaired) electrons. The molecule has 3 atom stereocenters. The third-order valence-electron chi connectivity index (χ3n) is 3.79. The van der Waals surface area contributed by atoms with Gasteiger partial charge in [-0.3, -0.25) is 0 Å². The molecule has 1 aliphatic rings. The number of hydrogen-bond acceptors (Lipinski definition) is 2. The van der Waals surface area contributed by atoms with E-state index in [1.54, 1.807) is 0 Å². The lowest BCUT2D eigenvalue weighted by atomic mass is 10.0. The molecule has 2 N–H and O–H groups in total. The molecule has 0 spiro atoms. The largest absolute Gasteiger partial charge is 0.480 e. The van der Waals surface area contributed by atoms with Crippen LogP contribution in [-0.4, -0.2) is 40.1 Å². The molecule has 2 unspecified atom stereocenters. The lowest BCUT2D eigenvalue weighted by molar-refractivity contribution is -0.139. The van der Waals surface area contributed by atoms with Gasteiger partial charge in [-0.15, -0.1) is 0 Å². The van der Waals surface area contributed by atoms with Crippen LogP contribution >= 0.6 is 0 Å². The first kappa shape index (κ1) is 15.8. The Morgan fingerprint density at radius 1 is 1.37 bits per heavy atom. The predicted molar refractivity (Wildman–Crippen MR) is 74.0 cm³/mol. The molecule has 5 nitrogen and oxygen atoms in total. The molecule has 0 bridgehead atoms. The zero-order valence-corrected chi connectivity index (χ0v) is 12.3. The number of nitrogens with zero attached hydrogens (tertiary/aromatic N) is 1. The summed E-state index contributed by atoms with van der Waals surface area (Å²) in [7, 11) is 0. The summed E-state index contributed by atoms with van der Waals surface area (Å²) in [6.45, 7) is 7.99. The molecule has 1 aliphatic heterocycles. The predicted octanol–water partition coefficient (Wildman–Crippen LogP) is 2.46. The summed E-state index contributed by atoms with van der Waals surface area (Å²) < 4.78 is 0. The maximum absolute atomic E-state index is 12.3. The maximum atomic E-state index is 12.3. The molecule has 1 fully saturated rings. The standard InChI is InChI=1S/C14H26N2O3/c1-5-11-7-6-10(4)16(11)14(19)15-12(13(17)18)8-9(2)3/h9-12H,5-8H2,1-4H3,(H,15,19)(H,17,18)/t10?,11?,12-/m1/s1. The van der Waals surface area contributed by atoms with Crippen LogP contribution in [0.3, 0.4) is 0 Å². The molecule has 0 aromatic rings. The normalized spacial score (nSPS) is 24.6. The number of amides is 2. The fourth-order valence-electron chi connectivity index (χ4n) is 2.75. The summed E-state index contributed by atoms with van der Waals surface area (Å²) in [5.74, 6) is -0.721. The number of nitrogens with one attached hydrogen (secondary N) is 1. The Kier molecular flexibility index (Phi) is 5.63. The first-order valence-electron chi connectivity index (χ1n) is 7.18. The molecule has 1 saturated heterocycles. The maximum Gasteiger partial charge on any atom is 0.326 e. The lowest BCUT2D eigenvalue weighted by Crippen LogP contribution is -2.51. The fraction of sp³-hybridized carbons (Fsp3) is 0.857. The van der Waals surface area contributed by atoms with E-state index in [9.17, 15) is 9.59 Å². The van der Waals surface area contributed by atoms with Crippen LogP contribution in [0.5, 0.6) is 0 Å². The van der Waals surface area contributed by atoms with E-state index >= 15 is 0 Å². The van der Waals surface area contributed by atoms with Gasteiger partial charge in [-0.25, -0.2) is 9.59 Å². The highest BCUT2D eigenvalue weighted by molar-refractivity contribution is 5.83. The molecule has 0 aromatic heterocycles. The smallest absolute Gasteiger partial charge is 0.326 e. The third-order valence-corrected chi connectivity index (χ3v) is 3.79. The van der Waals surface area contributed by atoms with Gasteiger partial charge in [0.05, 0.1) is 0 Å². The SMILES string of the molecule is CCC1CCC(C)N1C(=O)N[C@H](CC(C)C)C(=O)O. The first-order chi connectivity index (χ1) is 8.86. The van der Waals surface area contributed by atoms with Crippen molar-refractivity contribution < 1.29 is 14.7 Å². The van der Waals surface area contributed by atoms with Gasteiger partial charge in [0, 0.05) is 12.1 Å². The van der Waals surface area contributed by atoms with Gasteiger partial charge in [-0.1, -0.05) is 20.8 Å². The van der Waals surface area contributed by atoms with E-state index in [2.05, 4.69) is 12.2 Å². The number of carbonyl (C=O) groups is 2. The number of urea groups is 1. The third kappa shape index (κ3) is 4.11. The van der Waals surface area contributed by atoms with Crippen molar-refractivity contribution >= 4 is 12.0 Å². The van der Waals surface area contributed by atoms with Crippen LogP contribution in [0, 0.1) is 5.92 Å². The summed E-state index contributed by atoms with van der Waals surface area (Å²) in [5.41, 5.74) is 0. The van der Waals surface area contributed by atoms with E-state index in [1.165, 1.54) is 0 Å². The van der Waals surface area contributed by atoms with Crippen molar-refractivity contribution in [2.75, 3.05) is 0 Å². The average molecular weight is 270 g/mol. The highest BCUT2D eigenvalue weighted by Gasteiger charge is 2.34. The molecule has 0 aromatic carbocycles. The van der Waals surface area contributed by atoms with Gasteiger partial charge in [0.15, 0.2) is 0 Å². The molecule has 2 amide bonds. The van der Waals surface area contributed by atoms with Gasteiger partial charge >= 0.3 is 12.0 Å². The van der Waals surface area contributed by atoms with Crippen LogP contribution in [0.15, 0.2) is 0 Å². The minimum absolute atomic E-state index is 0.193. The lowest BCUT2D eigenvalue weighted by Gasteiger charge is -2.30. The number of likely N-dealkylation sites (tertiary alicyclic amines) is 1. The number of rotatable bonds is 5. The van der Waals surface area contributed by atoms with Crippen molar-refractivity contribution in [1.82, 2.24) is 10.2 Å². The number of carbonyl (C=O) groups excluding carboxylic acids is 1. The minimum Gasteiger partial charge on any atom is -0.480 e. The monoisotopic (exact) mass is 270 g/mol. The first-order valence-corrected chi connectivity index (χ1v) is 7.18. The van der Waals surface area contributed by atoms with Crippen molar-refractivity contribution in [3.63, 3.8) is 0 Å². The van der Waals surface area contributed by atoms with Crippen molar-refractivity contribution in [2.45, 2.75) is 71.5 Å². The van der Waals surface area contributed by atoms with Crippen LogP contribution in [-0.2, 0) is 4.79 Å². The minimum atomic E-state index is -0.957. The van der Waals surface area contributed by atoms with Gasteiger partial charge in [0.1, 0.15) is 6.04 Å². The van der Waals surface area contributed by atoms with Crippen molar-refractivity contribution in [3.05, 3.63) is 0 Å². The van der Waals surface area contributed by atoms with Crippen molar-refractivity contribution in [3.8, 4) is 0 Å². The van der Waals surface area contributed by atoms with Crippen molar-refractivity contribution in [1.29, 1.82) is 0 Å². The van der Waals surface area contributed by atoms with E-state index in [1.807, 2.05) is 25.7 Å². The highest BCUT2D eigenvalue weighted by Crippen LogP contribution is 2.26. The number of carboxylic acids is 1. The van der Waals surface area contributed by atoms with Gasteiger partial charge in [0.2, 0.25) is 0 Å². The van der Waals surface area contributed by atoms with Crippen LogP contribution in [0.25, 0.3) is 0 Å². The van der Waals surface area contributed by atoms with Crippen LogP contribution in [0.2, 0.25) is 0 Å². The average Bonchev–Trinajstić information content (AvgIpc) is 2.68. The van der Waals surface area contributed by atoms with E-state index in [4.69, 9.17) is 5.11 Å². The quantitative estimate of drug-likeness (QED) is 0.806. The Bertz CT molecular complexity index is 331. The summed E-state index contributed by atoms with van der Waals surface area (Å²) in [6, 6.07) is -0.593. The number of hydrogen-bond donors (Lipinski definition) is 2. The van der Waals surface area contributed by atoms with Gasteiger partial charge < -0.3 is 15.3 Å². The molecule has 0 saturated carbocycles. The Morgan fingerprint density at radius 3 is 2.47 bits per heavy atom. The van der Waals surface area contributed by atoms with Crippen LogP contribution in [0.4, 0.5) is 4.79 Å². The van der Waals surface area contributed by atoms with Crippen LogP contribution in [0.1, 0.15) is 53.4 Å². The Balaban J connectivity index is 2.68. The Morgan fingerprint density at radius 2 is 2.00 bits per heavy atom. The molecule has 0 aliphatic carbocycles. The van der Waals surface area contributed by atoms with Crippen molar-refractivity contribution in [2.24, 2.45) is 5.92 Å². The molecule has 1 heterocycles. The Hall–Kier alpha value is -1.26. The Labute approximate surface area is 115 Å². The summed E-state index contributed by atoms with van der Waals surface area (Å²) >= 11 is 0. The van der Waals surface area contributed by atoms with E-state index in [-0.39, 0.29) is 24.0 Å². The molecule has 110 valence electrons. The molecule has 5 heteroatoms. The molecular weight excluding hydrogens is 244 g/mol. The van der Waals surface area contributed by atoms with Gasteiger partial charge in [-0.05, 0) is 38.5 Å². The van der Waals surface area contributed by atoms with Gasteiger partial charge in [-0.2, -0.15) is 0 Å². The summed E-state index contributed by atoms with van der Waals surface area (Å²) in [6.07, 6.45) is 3.38. The van der Waals surface area contributed by atoms with Crippen LogP contribution < -0.4 is 5.32 Å². The second kappa shape index (κ2) is 6.78. The second-order valence-electron chi connectivity index (χ2n) is 5.87. The zero-order valence-electron chi connectivity index (χ0n) is 12.3. The highest BCUT2D eigenvalue weighted by atomic mass is 16.4. The fourth-order valence-corrected chi connectivity index (χ4v) is 2.75. The summed E-state index contributed by atoms with van der Waals surface area (Å²) in [5, 5.41) is 11.8. The number of aliphatic carboxylic acids is 1. The van der Waals surface area contributed by atoms with E-state index < -0.39 is 12.0 Å². The number of carboxylic acid groups (broad SMARTS) is 1. The topological polar surface area (TPSA) is 69.6 Å². The summed E-state index contributed by atoms with van der Waals surface area (Å²) in [4.78, 5) is 25.3. The molecule has 1 rings (SSSR count). The van der Waals surface area contributed by atoms with E-state index in [0.717, 1.165) is 19.3 Å². The molecule has 19 heavy (non-hydrogen) atoms.